The summed E-state index contributed by atoms with van der Waals surface area (Å²) < 4.78 is 0. The molecule has 2 aromatic rings. The molecule has 1 heterocycles. The van der Waals surface area contributed by atoms with E-state index in [0.29, 0.717) is 17.2 Å². The second kappa shape index (κ2) is 6.83. The lowest BCUT2D eigenvalue weighted by Crippen LogP contribution is -2.14. The molecule has 0 saturated carbocycles. The van der Waals surface area contributed by atoms with Gasteiger partial charge in [0.2, 0.25) is 0 Å². The second-order valence-electron chi connectivity index (χ2n) is 4.98. The summed E-state index contributed by atoms with van der Waals surface area (Å²) in [7, 11) is 0. The molecule has 0 bridgehead atoms. The third-order valence-corrected chi connectivity index (χ3v) is 3.23. The minimum atomic E-state index is -0.179. The minimum absolute atomic E-state index is 0.179. The Morgan fingerprint density at radius 1 is 1.05 bits per heavy atom. The van der Waals surface area contributed by atoms with Crippen molar-refractivity contribution in [2.75, 3.05) is 17.2 Å². The number of nitrogens with one attached hydrogen (secondary N) is 2. The van der Waals surface area contributed by atoms with Gasteiger partial charge in [0.05, 0.1) is 0 Å². The maximum Gasteiger partial charge on any atom is 0.256 e. The largest absolute Gasteiger partial charge is 0.369 e. The highest BCUT2D eigenvalue weighted by molar-refractivity contribution is 6.03. The first-order chi connectivity index (χ1) is 10.1. The Bertz CT molecular complexity index is 623. The van der Waals surface area contributed by atoms with Gasteiger partial charge in [0.15, 0.2) is 5.82 Å². The van der Waals surface area contributed by atoms with E-state index in [9.17, 15) is 4.79 Å². The van der Waals surface area contributed by atoms with E-state index in [0.717, 1.165) is 24.1 Å². The minimum Gasteiger partial charge on any atom is -0.369 e. The zero-order chi connectivity index (χ0) is 15.2. The molecular formula is C16H20N4O. The van der Waals surface area contributed by atoms with Gasteiger partial charge in [0.25, 0.3) is 5.91 Å². The molecule has 0 aliphatic rings. The van der Waals surface area contributed by atoms with Crippen LogP contribution >= 0.6 is 0 Å². The van der Waals surface area contributed by atoms with E-state index in [1.807, 2.05) is 32.0 Å². The number of hydrogen-bond donors (Lipinski definition) is 2. The molecule has 21 heavy (non-hydrogen) atoms. The maximum absolute atomic E-state index is 12.1. The molecule has 110 valence electrons. The van der Waals surface area contributed by atoms with Crippen LogP contribution in [0, 0.1) is 13.8 Å². The van der Waals surface area contributed by atoms with Gasteiger partial charge in [0.1, 0.15) is 5.82 Å². The van der Waals surface area contributed by atoms with Crippen molar-refractivity contribution in [3.63, 3.8) is 0 Å². The first-order valence-corrected chi connectivity index (χ1v) is 7.06. The summed E-state index contributed by atoms with van der Waals surface area (Å²) in [6.45, 7) is 6.94. The average molecular weight is 284 g/mol. The van der Waals surface area contributed by atoms with Crippen LogP contribution < -0.4 is 10.6 Å². The fourth-order valence-corrected chi connectivity index (χ4v) is 1.82. The fourth-order valence-electron chi connectivity index (χ4n) is 1.82. The van der Waals surface area contributed by atoms with Crippen LogP contribution in [0.4, 0.5) is 11.6 Å². The average Bonchev–Trinajstić information content (AvgIpc) is 2.49. The summed E-state index contributed by atoms with van der Waals surface area (Å²) in [5.74, 6) is 0.975. The van der Waals surface area contributed by atoms with Crippen LogP contribution in [-0.4, -0.2) is 22.6 Å². The predicted molar refractivity (Wildman–Crippen MR) is 84.7 cm³/mol. The Morgan fingerprint density at radius 2 is 1.76 bits per heavy atom. The number of aromatic nitrogens is 2. The summed E-state index contributed by atoms with van der Waals surface area (Å²) >= 11 is 0. The van der Waals surface area contributed by atoms with Crippen molar-refractivity contribution in [1.82, 2.24) is 10.2 Å². The predicted octanol–water partition coefficient (Wildman–Crippen LogP) is 3.17. The highest BCUT2D eigenvalue weighted by atomic mass is 16.1. The number of amides is 1. The number of benzene rings is 1. The molecule has 0 atom stereocenters. The van der Waals surface area contributed by atoms with Crippen molar-refractivity contribution in [2.24, 2.45) is 0 Å². The Labute approximate surface area is 124 Å². The van der Waals surface area contributed by atoms with Crippen molar-refractivity contribution >= 4 is 17.5 Å². The van der Waals surface area contributed by atoms with Gasteiger partial charge in [-0.3, -0.25) is 4.79 Å². The molecule has 0 saturated heterocycles. The molecule has 1 amide bonds. The molecule has 0 radical (unpaired) electrons. The van der Waals surface area contributed by atoms with Crippen molar-refractivity contribution in [3.8, 4) is 0 Å². The van der Waals surface area contributed by atoms with Crippen LogP contribution in [-0.2, 0) is 0 Å². The van der Waals surface area contributed by atoms with Gasteiger partial charge in [-0.25, -0.2) is 0 Å². The highest BCUT2D eigenvalue weighted by Crippen LogP contribution is 2.12. The van der Waals surface area contributed by atoms with Gasteiger partial charge >= 0.3 is 0 Å². The summed E-state index contributed by atoms with van der Waals surface area (Å²) in [6.07, 6.45) is 1.02. The molecule has 2 N–H and O–H groups in total. The van der Waals surface area contributed by atoms with Crippen LogP contribution in [0.1, 0.15) is 34.8 Å². The molecule has 0 aliphatic carbocycles. The van der Waals surface area contributed by atoms with Gasteiger partial charge in [0, 0.05) is 12.1 Å². The molecule has 5 heteroatoms. The summed E-state index contributed by atoms with van der Waals surface area (Å²) in [5, 5.41) is 13.9. The van der Waals surface area contributed by atoms with Gasteiger partial charge < -0.3 is 10.6 Å². The van der Waals surface area contributed by atoms with Crippen LogP contribution in [0.25, 0.3) is 0 Å². The standard InChI is InChI=1S/C16H20N4O/c1-4-9-17-14-7-8-15(20-19-14)18-16(21)13-6-5-11(2)12(3)10-13/h5-8,10H,4,9H2,1-3H3,(H,17,19)(H,18,20,21). The second-order valence-corrected chi connectivity index (χ2v) is 4.98. The number of aryl methyl sites for hydroxylation is 2. The number of rotatable bonds is 5. The number of anilines is 2. The molecule has 0 fully saturated rings. The van der Waals surface area contributed by atoms with Crippen LogP contribution in [0.15, 0.2) is 30.3 Å². The van der Waals surface area contributed by atoms with Crippen molar-refractivity contribution in [1.29, 1.82) is 0 Å². The zero-order valence-corrected chi connectivity index (χ0v) is 12.6. The number of carbonyl (C=O) groups is 1. The first kappa shape index (κ1) is 15.0. The number of hydrogen-bond acceptors (Lipinski definition) is 4. The van der Waals surface area contributed by atoms with E-state index in [-0.39, 0.29) is 5.91 Å². The zero-order valence-electron chi connectivity index (χ0n) is 12.6. The highest BCUT2D eigenvalue weighted by Gasteiger charge is 2.08. The van der Waals surface area contributed by atoms with Gasteiger partial charge in [-0.15, -0.1) is 10.2 Å². The van der Waals surface area contributed by atoms with E-state index in [2.05, 4.69) is 27.8 Å². The van der Waals surface area contributed by atoms with Crippen LogP contribution in [0.5, 0.6) is 0 Å². The molecule has 0 aliphatic heterocycles. The monoisotopic (exact) mass is 284 g/mol. The van der Waals surface area contributed by atoms with E-state index >= 15 is 0 Å². The lowest BCUT2D eigenvalue weighted by molar-refractivity contribution is 0.102. The lowest BCUT2D eigenvalue weighted by Gasteiger charge is -2.07. The fraction of sp³-hybridized carbons (Fsp3) is 0.312. The maximum atomic E-state index is 12.1. The van der Waals surface area contributed by atoms with E-state index in [1.54, 1.807) is 12.1 Å². The Balaban J connectivity index is 2.03. The SMILES string of the molecule is CCCNc1ccc(NC(=O)c2ccc(C)c(C)c2)nn1. The van der Waals surface area contributed by atoms with Gasteiger partial charge in [-0.05, 0) is 55.7 Å². The van der Waals surface area contributed by atoms with E-state index in [4.69, 9.17) is 0 Å². The third-order valence-electron chi connectivity index (χ3n) is 3.23. The van der Waals surface area contributed by atoms with Gasteiger partial charge in [-0.1, -0.05) is 13.0 Å². The number of nitrogens with zero attached hydrogens (tertiary/aromatic N) is 2. The lowest BCUT2D eigenvalue weighted by atomic mass is 10.1. The molecule has 1 aromatic carbocycles. The Kier molecular flexibility index (Phi) is 4.87. The summed E-state index contributed by atoms with van der Waals surface area (Å²) in [5.41, 5.74) is 2.87. The Hall–Kier alpha value is -2.43. The molecule has 0 unspecified atom stereocenters. The van der Waals surface area contributed by atoms with Crippen molar-refractivity contribution in [3.05, 3.63) is 47.0 Å². The quantitative estimate of drug-likeness (QED) is 0.885. The summed E-state index contributed by atoms with van der Waals surface area (Å²) in [6, 6.07) is 9.16. The molecule has 5 nitrogen and oxygen atoms in total. The normalized spacial score (nSPS) is 10.2. The Morgan fingerprint density at radius 3 is 2.38 bits per heavy atom. The molecule has 0 spiro atoms. The molecule has 2 rings (SSSR count). The third kappa shape index (κ3) is 4.02. The van der Waals surface area contributed by atoms with Crippen molar-refractivity contribution in [2.45, 2.75) is 27.2 Å². The molecule has 1 aromatic heterocycles. The van der Waals surface area contributed by atoms with E-state index < -0.39 is 0 Å². The van der Waals surface area contributed by atoms with Crippen LogP contribution in [0.2, 0.25) is 0 Å². The van der Waals surface area contributed by atoms with Crippen LogP contribution in [0.3, 0.4) is 0 Å². The summed E-state index contributed by atoms with van der Waals surface area (Å²) in [4.78, 5) is 12.1. The first-order valence-electron chi connectivity index (χ1n) is 7.06. The van der Waals surface area contributed by atoms with Gasteiger partial charge in [-0.2, -0.15) is 0 Å². The smallest absolute Gasteiger partial charge is 0.256 e. The number of carbonyl (C=O) groups excluding carboxylic acids is 1. The topological polar surface area (TPSA) is 66.9 Å². The molecular weight excluding hydrogens is 264 g/mol. The van der Waals surface area contributed by atoms with E-state index in [1.165, 1.54) is 0 Å². The van der Waals surface area contributed by atoms with Crippen molar-refractivity contribution < 1.29 is 4.79 Å².